The third kappa shape index (κ3) is 2.73. The molecule has 6 nitrogen and oxygen atoms in total. The van der Waals surface area contributed by atoms with E-state index in [1.165, 1.54) is 0 Å². The fraction of sp³-hybridized carbons (Fsp3) is 0.250. The van der Waals surface area contributed by atoms with Crippen molar-refractivity contribution in [3.63, 3.8) is 0 Å². The summed E-state index contributed by atoms with van der Waals surface area (Å²) in [5.74, 6) is -1.99. The smallest absolute Gasteiger partial charge is 0.298 e. The van der Waals surface area contributed by atoms with Crippen LogP contribution < -0.4 is 5.32 Å². The van der Waals surface area contributed by atoms with Crippen LogP contribution in [0.1, 0.15) is 11.3 Å². The lowest BCUT2D eigenvalue weighted by Gasteiger charge is -2.07. The SMILES string of the molecule is Cc1nn(C)cc1CNc1c(F)cc(F)cc1[N+](=O)[O-]. The van der Waals surface area contributed by atoms with Crippen molar-refractivity contribution in [2.24, 2.45) is 7.05 Å². The molecule has 0 fully saturated rings. The average molecular weight is 282 g/mol. The Kier molecular flexibility index (Phi) is 3.64. The van der Waals surface area contributed by atoms with Gasteiger partial charge >= 0.3 is 0 Å². The van der Waals surface area contributed by atoms with Crippen molar-refractivity contribution in [2.75, 3.05) is 5.32 Å². The summed E-state index contributed by atoms with van der Waals surface area (Å²) in [6.45, 7) is 1.93. The summed E-state index contributed by atoms with van der Waals surface area (Å²) in [6, 6.07) is 1.28. The zero-order valence-corrected chi connectivity index (χ0v) is 10.9. The minimum atomic E-state index is -1.00. The van der Waals surface area contributed by atoms with Gasteiger partial charge in [-0.2, -0.15) is 5.10 Å². The normalized spacial score (nSPS) is 10.6. The molecule has 106 valence electrons. The Bertz CT molecular complexity index is 670. The van der Waals surface area contributed by atoms with Gasteiger partial charge in [-0.1, -0.05) is 0 Å². The first kappa shape index (κ1) is 13.9. The summed E-state index contributed by atoms with van der Waals surface area (Å²) in [5, 5.41) is 17.6. The van der Waals surface area contributed by atoms with Gasteiger partial charge in [-0.25, -0.2) is 8.78 Å². The van der Waals surface area contributed by atoms with Gasteiger partial charge in [-0.3, -0.25) is 14.8 Å². The Balaban J connectivity index is 2.29. The second kappa shape index (κ2) is 5.24. The molecule has 0 bridgehead atoms. The number of aromatic nitrogens is 2. The lowest BCUT2D eigenvalue weighted by molar-refractivity contribution is -0.384. The van der Waals surface area contributed by atoms with E-state index in [2.05, 4.69) is 10.4 Å². The monoisotopic (exact) mass is 282 g/mol. The summed E-state index contributed by atoms with van der Waals surface area (Å²) in [7, 11) is 1.73. The molecular weight excluding hydrogens is 270 g/mol. The minimum absolute atomic E-state index is 0.156. The zero-order valence-electron chi connectivity index (χ0n) is 10.9. The fourth-order valence-corrected chi connectivity index (χ4v) is 1.88. The van der Waals surface area contributed by atoms with Crippen LogP contribution in [0.5, 0.6) is 0 Å². The molecule has 0 spiro atoms. The highest BCUT2D eigenvalue weighted by atomic mass is 19.1. The third-order valence-electron chi connectivity index (χ3n) is 2.80. The topological polar surface area (TPSA) is 73.0 Å². The van der Waals surface area contributed by atoms with Crippen LogP contribution in [0.3, 0.4) is 0 Å². The van der Waals surface area contributed by atoms with Gasteiger partial charge in [0.15, 0.2) is 5.82 Å². The molecule has 0 atom stereocenters. The molecule has 2 aromatic rings. The molecule has 1 N–H and O–H groups in total. The number of hydrogen-bond acceptors (Lipinski definition) is 4. The van der Waals surface area contributed by atoms with Crippen LogP contribution in [0.4, 0.5) is 20.2 Å². The van der Waals surface area contributed by atoms with Gasteiger partial charge < -0.3 is 5.32 Å². The van der Waals surface area contributed by atoms with E-state index < -0.39 is 22.2 Å². The maximum atomic E-state index is 13.7. The molecule has 0 radical (unpaired) electrons. The number of halogens is 2. The zero-order chi connectivity index (χ0) is 14.9. The number of nitrogens with one attached hydrogen (secondary N) is 1. The highest BCUT2D eigenvalue weighted by Gasteiger charge is 2.20. The number of hydrogen-bond donors (Lipinski definition) is 1. The van der Waals surface area contributed by atoms with Crippen molar-refractivity contribution in [1.29, 1.82) is 0 Å². The van der Waals surface area contributed by atoms with Crippen molar-refractivity contribution in [1.82, 2.24) is 9.78 Å². The molecule has 8 heteroatoms. The first-order chi connectivity index (χ1) is 9.38. The molecule has 1 heterocycles. The number of benzene rings is 1. The van der Waals surface area contributed by atoms with Crippen LogP contribution in [0.25, 0.3) is 0 Å². The van der Waals surface area contributed by atoms with Gasteiger partial charge in [-0.15, -0.1) is 0 Å². The first-order valence-electron chi connectivity index (χ1n) is 5.75. The molecule has 0 aliphatic rings. The highest BCUT2D eigenvalue weighted by molar-refractivity contribution is 5.62. The number of nitrogens with zero attached hydrogens (tertiary/aromatic N) is 3. The van der Waals surface area contributed by atoms with Gasteiger partial charge in [-0.05, 0) is 6.92 Å². The summed E-state index contributed by atoms with van der Waals surface area (Å²) in [6.07, 6.45) is 1.72. The number of nitro groups is 1. The Morgan fingerprint density at radius 2 is 2.15 bits per heavy atom. The number of rotatable bonds is 4. The molecule has 0 saturated carbocycles. The molecule has 0 amide bonds. The Labute approximate surface area is 113 Å². The van der Waals surface area contributed by atoms with Crippen molar-refractivity contribution in [3.8, 4) is 0 Å². The molecule has 0 saturated heterocycles. The van der Waals surface area contributed by atoms with Crippen molar-refractivity contribution >= 4 is 11.4 Å². The molecule has 2 rings (SSSR count). The molecule has 0 aliphatic carbocycles. The van der Waals surface area contributed by atoms with Gasteiger partial charge in [0.2, 0.25) is 0 Å². The molecule has 0 unspecified atom stereocenters. The summed E-state index contributed by atoms with van der Waals surface area (Å²) >= 11 is 0. The highest BCUT2D eigenvalue weighted by Crippen LogP contribution is 2.29. The van der Waals surface area contributed by atoms with E-state index in [1.54, 1.807) is 24.9 Å². The lowest BCUT2D eigenvalue weighted by atomic mass is 10.2. The van der Waals surface area contributed by atoms with Gasteiger partial charge in [0.25, 0.3) is 5.69 Å². The number of anilines is 1. The van der Waals surface area contributed by atoms with Crippen molar-refractivity contribution in [2.45, 2.75) is 13.5 Å². The van der Waals surface area contributed by atoms with Gasteiger partial charge in [0.1, 0.15) is 11.5 Å². The third-order valence-corrected chi connectivity index (χ3v) is 2.80. The van der Waals surface area contributed by atoms with E-state index in [0.29, 0.717) is 12.1 Å². The van der Waals surface area contributed by atoms with Crippen LogP contribution >= 0.6 is 0 Å². The minimum Gasteiger partial charge on any atom is -0.373 e. The number of aryl methyl sites for hydroxylation is 2. The fourth-order valence-electron chi connectivity index (χ4n) is 1.88. The Hall–Kier alpha value is -2.51. The van der Waals surface area contributed by atoms with E-state index in [4.69, 9.17) is 0 Å². The largest absolute Gasteiger partial charge is 0.373 e. The van der Waals surface area contributed by atoms with E-state index in [9.17, 15) is 18.9 Å². The maximum absolute atomic E-state index is 13.7. The molecule has 1 aromatic heterocycles. The summed E-state index contributed by atoms with van der Waals surface area (Å²) in [4.78, 5) is 10.00. The predicted molar refractivity (Wildman–Crippen MR) is 68.3 cm³/mol. The first-order valence-corrected chi connectivity index (χ1v) is 5.75. The summed E-state index contributed by atoms with van der Waals surface area (Å²) in [5.41, 5.74) is 0.527. The Morgan fingerprint density at radius 1 is 1.45 bits per heavy atom. The molecular formula is C12H12F2N4O2. The van der Waals surface area contributed by atoms with Gasteiger partial charge in [0.05, 0.1) is 16.7 Å². The van der Waals surface area contributed by atoms with Crippen LogP contribution in [-0.2, 0) is 13.6 Å². The standard InChI is InChI=1S/C12H12F2N4O2/c1-7-8(6-17(2)16-7)5-15-12-10(14)3-9(13)4-11(12)18(19)20/h3-4,6,15H,5H2,1-2H3. The second-order valence-corrected chi connectivity index (χ2v) is 4.31. The van der Waals surface area contributed by atoms with Crippen molar-refractivity contribution in [3.05, 3.63) is 51.3 Å². The lowest BCUT2D eigenvalue weighted by Crippen LogP contribution is -2.06. The van der Waals surface area contributed by atoms with Crippen LogP contribution in [0, 0.1) is 28.7 Å². The maximum Gasteiger partial charge on any atom is 0.298 e. The van der Waals surface area contributed by atoms with E-state index in [-0.39, 0.29) is 12.2 Å². The molecule has 0 aliphatic heterocycles. The van der Waals surface area contributed by atoms with Crippen LogP contribution in [0.15, 0.2) is 18.3 Å². The number of nitro benzene ring substituents is 1. The van der Waals surface area contributed by atoms with E-state index in [1.807, 2.05) is 0 Å². The molecule has 1 aromatic carbocycles. The summed E-state index contributed by atoms with van der Waals surface area (Å²) < 4.78 is 28.3. The quantitative estimate of drug-likeness (QED) is 0.690. The molecule has 20 heavy (non-hydrogen) atoms. The van der Waals surface area contributed by atoms with Gasteiger partial charge in [0, 0.05) is 31.4 Å². The van der Waals surface area contributed by atoms with Crippen LogP contribution in [0.2, 0.25) is 0 Å². The van der Waals surface area contributed by atoms with Crippen LogP contribution in [-0.4, -0.2) is 14.7 Å². The van der Waals surface area contributed by atoms with Crippen molar-refractivity contribution < 1.29 is 13.7 Å². The average Bonchev–Trinajstić information content (AvgIpc) is 2.65. The predicted octanol–water partition coefficient (Wildman–Crippen LogP) is 2.53. The second-order valence-electron chi connectivity index (χ2n) is 4.31. The van der Waals surface area contributed by atoms with E-state index in [0.717, 1.165) is 11.3 Å². The van der Waals surface area contributed by atoms with E-state index >= 15 is 0 Å². The Morgan fingerprint density at radius 3 is 2.70 bits per heavy atom.